The number of para-hydroxylation sites is 1. The smallest absolute Gasteiger partial charge is 0.244 e. The number of carbonyl (C=O) groups excluding carboxylic acids is 1. The number of carbonyl (C=O) groups is 1. The van der Waals surface area contributed by atoms with Gasteiger partial charge in [0, 0.05) is 18.2 Å². The van der Waals surface area contributed by atoms with Crippen molar-refractivity contribution in [2.75, 3.05) is 13.4 Å². The van der Waals surface area contributed by atoms with Crippen LogP contribution in [0.5, 0.6) is 17.2 Å². The number of rotatable bonds is 6. The Bertz CT molecular complexity index is 755. The van der Waals surface area contributed by atoms with Crippen LogP contribution >= 0.6 is 0 Å². The van der Waals surface area contributed by atoms with E-state index in [4.69, 9.17) is 14.2 Å². The van der Waals surface area contributed by atoms with Gasteiger partial charge in [0.2, 0.25) is 12.7 Å². The van der Waals surface area contributed by atoms with Crippen LogP contribution in [0.25, 0.3) is 6.08 Å². The van der Waals surface area contributed by atoms with E-state index in [1.54, 1.807) is 6.08 Å². The summed E-state index contributed by atoms with van der Waals surface area (Å²) in [5.74, 6) is 2.05. The molecule has 0 aliphatic carbocycles. The highest BCUT2D eigenvalue weighted by atomic mass is 16.7. The second-order valence-electron chi connectivity index (χ2n) is 5.20. The summed E-state index contributed by atoms with van der Waals surface area (Å²) in [5, 5.41) is 2.86. The molecule has 0 saturated heterocycles. The maximum atomic E-state index is 12.0. The number of nitrogens with one attached hydrogen (secondary N) is 1. The first-order valence-corrected chi connectivity index (χ1v) is 7.82. The monoisotopic (exact) mass is 325 g/mol. The molecule has 3 rings (SSSR count). The molecule has 1 N–H and O–H groups in total. The molecule has 0 spiro atoms. The van der Waals surface area contributed by atoms with Gasteiger partial charge in [-0.15, -0.1) is 0 Å². The molecule has 0 radical (unpaired) electrons. The van der Waals surface area contributed by atoms with Crippen molar-refractivity contribution in [2.24, 2.45) is 0 Å². The summed E-state index contributed by atoms with van der Waals surface area (Å²) in [6.45, 7) is 3.18. The van der Waals surface area contributed by atoms with E-state index in [1.165, 1.54) is 6.08 Å². The van der Waals surface area contributed by atoms with Gasteiger partial charge in [-0.2, -0.15) is 0 Å². The molecule has 1 aliphatic rings. The first-order chi connectivity index (χ1) is 11.8. The van der Waals surface area contributed by atoms with Crippen LogP contribution in [0.4, 0.5) is 0 Å². The van der Waals surface area contributed by atoms with E-state index in [0.717, 1.165) is 22.6 Å². The van der Waals surface area contributed by atoms with Crippen molar-refractivity contribution in [3.05, 3.63) is 59.7 Å². The van der Waals surface area contributed by atoms with Crippen LogP contribution in [-0.2, 0) is 11.3 Å². The number of hydrogen-bond acceptors (Lipinski definition) is 4. The van der Waals surface area contributed by atoms with Crippen molar-refractivity contribution >= 4 is 12.0 Å². The molecular weight excluding hydrogens is 306 g/mol. The maximum Gasteiger partial charge on any atom is 0.244 e. The summed E-state index contributed by atoms with van der Waals surface area (Å²) >= 11 is 0. The highest BCUT2D eigenvalue weighted by Crippen LogP contribution is 2.32. The summed E-state index contributed by atoms with van der Waals surface area (Å²) in [6.07, 6.45) is 3.24. The molecule has 0 aromatic heterocycles. The van der Waals surface area contributed by atoms with E-state index >= 15 is 0 Å². The number of hydrogen-bond donors (Lipinski definition) is 1. The third-order valence-corrected chi connectivity index (χ3v) is 3.55. The topological polar surface area (TPSA) is 56.8 Å². The summed E-state index contributed by atoms with van der Waals surface area (Å²) in [5.41, 5.74) is 1.83. The average Bonchev–Trinajstić information content (AvgIpc) is 3.07. The van der Waals surface area contributed by atoms with Gasteiger partial charge in [-0.25, -0.2) is 0 Å². The van der Waals surface area contributed by atoms with Gasteiger partial charge in [-0.3, -0.25) is 4.79 Å². The first kappa shape index (κ1) is 15.9. The number of amides is 1. The zero-order chi connectivity index (χ0) is 16.8. The van der Waals surface area contributed by atoms with Crippen molar-refractivity contribution in [1.29, 1.82) is 0 Å². The quantitative estimate of drug-likeness (QED) is 0.829. The fourth-order valence-electron chi connectivity index (χ4n) is 2.38. The molecule has 0 unspecified atom stereocenters. The third-order valence-electron chi connectivity index (χ3n) is 3.55. The van der Waals surface area contributed by atoms with E-state index in [0.29, 0.717) is 18.9 Å². The Labute approximate surface area is 140 Å². The van der Waals surface area contributed by atoms with Crippen LogP contribution in [-0.4, -0.2) is 19.3 Å². The zero-order valence-electron chi connectivity index (χ0n) is 13.5. The molecule has 0 atom stereocenters. The largest absolute Gasteiger partial charge is 0.494 e. The summed E-state index contributed by atoms with van der Waals surface area (Å²) < 4.78 is 16.1. The summed E-state index contributed by atoms with van der Waals surface area (Å²) in [4.78, 5) is 12.0. The predicted molar refractivity (Wildman–Crippen MR) is 91.1 cm³/mol. The van der Waals surface area contributed by atoms with Gasteiger partial charge in [-0.1, -0.05) is 24.3 Å². The van der Waals surface area contributed by atoms with Gasteiger partial charge in [0.1, 0.15) is 5.75 Å². The Morgan fingerprint density at radius 2 is 2.04 bits per heavy atom. The SMILES string of the molecule is CCOc1ccccc1CNC(=O)/C=C/c1ccc2c(c1)OCO2. The molecule has 5 heteroatoms. The highest BCUT2D eigenvalue weighted by Gasteiger charge is 2.12. The van der Waals surface area contributed by atoms with Crippen LogP contribution in [0.2, 0.25) is 0 Å². The Balaban J connectivity index is 1.58. The van der Waals surface area contributed by atoms with Gasteiger partial charge in [0.25, 0.3) is 0 Å². The second-order valence-corrected chi connectivity index (χ2v) is 5.20. The van der Waals surface area contributed by atoms with E-state index in [-0.39, 0.29) is 12.7 Å². The standard InChI is InChI=1S/C19H19NO4/c1-2-22-16-6-4-3-5-15(16)12-20-19(21)10-8-14-7-9-17-18(11-14)24-13-23-17/h3-11H,2,12-13H2,1H3,(H,20,21)/b10-8+. The Hall–Kier alpha value is -2.95. The minimum atomic E-state index is -0.168. The highest BCUT2D eigenvalue weighted by molar-refractivity contribution is 5.91. The molecule has 1 aliphatic heterocycles. The van der Waals surface area contributed by atoms with Crippen molar-refractivity contribution in [3.8, 4) is 17.2 Å². The molecule has 0 fully saturated rings. The van der Waals surface area contributed by atoms with Crippen LogP contribution in [0, 0.1) is 0 Å². The Morgan fingerprint density at radius 1 is 1.21 bits per heavy atom. The lowest BCUT2D eigenvalue weighted by Crippen LogP contribution is -2.20. The number of benzene rings is 2. The van der Waals surface area contributed by atoms with Crippen molar-refractivity contribution in [2.45, 2.75) is 13.5 Å². The molecular formula is C19H19NO4. The molecule has 24 heavy (non-hydrogen) atoms. The minimum Gasteiger partial charge on any atom is -0.494 e. The van der Waals surface area contributed by atoms with Crippen LogP contribution in [0.3, 0.4) is 0 Å². The number of fused-ring (bicyclic) bond motifs is 1. The van der Waals surface area contributed by atoms with Crippen LogP contribution < -0.4 is 19.5 Å². The van der Waals surface area contributed by atoms with E-state index < -0.39 is 0 Å². The lowest BCUT2D eigenvalue weighted by Gasteiger charge is -2.10. The van der Waals surface area contributed by atoms with Crippen molar-refractivity contribution in [3.63, 3.8) is 0 Å². The normalized spacial score (nSPS) is 12.4. The fourth-order valence-corrected chi connectivity index (χ4v) is 2.38. The second kappa shape index (κ2) is 7.55. The maximum absolute atomic E-state index is 12.0. The summed E-state index contributed by atoms with van der Waals surface area (Å²) in [7, 11) is 0. The summed E-state index contributed by atoms with van der Waals surface area (Å²) in [6, 6.07) is 13.2. The van der Waals surface area contributed by atoms with E-state index in [2.05, 4.69) is 5.32 Å². The fraction of sp³-hybridized carbons (Fsp3) is 0.211. The lowest BCUT2D eigenvalue weighted by atomic mass is 10.2. The predicted octanol–water partition coefficient (Wildman–Crippen LogP) is 3.14. The van der Waals surface area contributed by atoms with E-state index in [9.17, 15) is 4.79 Å². The first-order valence-electron chi connectivity index (χ1n) is 7.82. The average molecular weight is 325 g/mol. The van der Waals surface area contributed by atoms with Gasteiger partial charge < -0.3 is 19.5 Å². The van der Waals surface area contributed by atoms with Crippen molar-refractivity contribution < 1.29 is 19.0 Å². The molecule has 2 aromatic rings. The molecule has 1 amide bonds. The van der Waals surface area contributed by atoms with Crippen LogP contribution in [0.1, 0.15) is 18.1 Å². The van der Waals surface area contributed by atoms with Gasteiger partial charge in [0.05, 0.1) is 6.61 Å². The van der Waals surface area contributed by atoms with E-state index in [1.807, 2.05) is 49.4 Å². The lowest BCUT2D eigenvalue weighted by molar-refractivity contribution is -0.116. The molecule has 0 bridgehead atoms. The van der Waals surface area contributed by atoms with Gasteiger partial charge >= 0.3 is 0 Å². The molecule has 1 heterocycles. The Morgan fingerprint density at radius 3 is 2.92 bits per heavy atom. The number of ether oxygens (including phenoxy) is 3. The van der Waals surface area contributed by atoms with Gasteiger partial charge in [0.15, 0.2) is 11.5 Å². The zero-order valence-corrected chi connectivity index (χ0v) is 13.5. The molecule has 124 valence electrons. The molecule has 5 nitrogen and oxygen atoms in total. The minimum absolute atomic E-state index is 0.168. The molecule has 2 aromatic carbocycles. The van der Waals surface area contributed by atoms with Crippen molar-refractivity contribution in [1.82, 2.24) is 5.32 Å². The van der Waals surface area contributed by atoms with Crippen LogP contribution in [0.15, 0.2) is 48.5 Å². The third kappa shape index (κ3) is 3.87. The van der Waals surface area contributed by atoms with Gasteiger partial charge in [-0.05, 0) is 36.8 Å². The Kier molecular flexibility index (Phi) is 5.01. The molecule has 0 saturated carbocycles.